The predicted octanol–water partition coefficient (Wildman–Crippen LogP) is 4.26. The van der Waals surface area contributed by atoms with Crippen molar-refractivity contribution in [3.05, 3.63) is 53.4 Å². The second kappa shape index (κ2) is 9.37. The Balaban J connectivity index is 1.57. The lowest BCUT2D eigenvalue weighted by Crippen LogP contribution is -2.45. The number of furan rings is 1. The fourth-order valence-electron chi connectivity index (χ4n) is 4.70. The van der Waals surface area contributed by atoms with Gasteiger partial charge in [0.1, 0.15) is 23.7 Å². The second-order valence-corrected chi connectivity index (χ2v) is 8.82. The quantitative estimate of drug-likeness (QED) is 0.523. The number of hydrogen-bond donors (Lipinski definition) is 3. The molecular weight excluding hydrogens is 414 g/mol. The lowest BCUT2D eigenvalue weighted by atomic mass is 9.94. The van der Waals surface area contributed by atoms with Crippen LogP contribution < -0.4 is 10.6 Å². The molecule has 3 heterocycles. The van der Waals surface area contributed by atoms with Crippen LogP contribution in [-0.2, 0) is 0 Å². The zero-order valence-electron chi connectivity index (χ0n) is 19.3. The number of nitrogens with zero attached hydrogens (tertiary/aromatic N) is 3. The van der Waals surface area contributed by atoms with Crippen molar-refractivity contribution in [1.29, 1.82) is 0 Å². The van der Waals surface area contributed by atoms with E-state index in [9.17, 15) is 5.11 Å². The van der Waals surface area contributed by atoms with E-state index in [0.717, 1.165) is 96.9 Å². The minimum Gasteiger partial charge on any atom is -0.507 e. The predicted molar refractivity (Wildman–Crippen MR) is 133 cm³/mol. The molecule has 5 rings (SSSR count). The molecule has 0 bridgehead atoms. The molecule has 1 aliphatic carbocycles. The third-order valence-electron chi connectivity index (χ3n) is 6.46. The average Bonchev–Trinajstić information content (AvgIpc) is 3.24. The van der Waals surface area contributed by atoms with Crippen LogP contribution in [0.2, 0.25) is 0 Å². The molecule has 1 saturated heterocycles. The molecule has 1 aliphatic heterocycles. The molecule has 3 aromatic rings. The van der Waals surface area contributed by atoms with Crippen LogP contribution in [0.4, 0.5) is 5.82 Å². The summed E-state index contributed by atoms with van der Waals surface area (Å²) in [5, 5.41) is 18.1. The molecule has 0 unspecified atom stereocenters. The summed E-state index contributed by atoms with van der Waals surface area (Å²) in [5.41, 5.74) is 5.29. The summed E-state index contributed by atoms with van der Waals surface area (Å²) >= 11 is 0. The van der Waals surface area contributed by atoms with Gasteiger partial charge in [-0.15, -0.1) is 0 Å². The summed E-state index contributed by atoms with van der Waals surface area (Å²) in [6, 6.07) is 3.95. The molecule has 0 atom stereocenters. The number of anilines is 1. The zero-order valence-corrected chi connectivity index (χ0v) is 19.3. The van der Waals surface area contributed by atoms with Crippen molar-refractivity contribution in [1.82, 2.24) is 20.2 Å². The van der Waals surface area contributed by atoms with Gasteiger partial charge in [-0.05, 0) is 55.5 Å². The Bertz CT molecular complexity index is 1200. The molecule has 2 aromatic heterocycles. The van der Waals surface area contributed by atoms with Crippen LogP contribution in [0, 0.1) is 13.8 Å². The number of hydrogen-bond acceptors (Lipinski definition) is 7. The Hall–Kier alpha value is -3.16. The average molecular weight is 446 g/mol. The maximum atomic E-state index is 10.3. The molecule has 1 fully saturated rings. The second-order valence-electron chi connectivity index (χ2n) is 8.82. The fraction of sp³-hybridized carbons (Fsp3) is 0.385. The minimum absolute atomic E-state index is 0.322. The number of nitrogens with one attached hydrogen (secondary N) is 2. The summed E-state index contributed by atoms with van der Waals surface area (Å²) in [5.74, 6) is 1.88. The first-order valence-corrected chi connectivity index (χ1v) is 11.7. The van der Waals surface area contributed by atoms with E-state index >= 15 is 0 Å². The maximum absolute atomic E-state index is 10.3. The normalized spacial score (nSPS) is 16.8. The SMILES string of the molecule is Cc1cc(-c2oc3ncnc(NCCN4CCNCC4)c3c2C2=CCCC=C2)cc(C)c1O. The van der Waals surface area contributed by atoms with Gasteiger partial charge in [-0.1, -0.05) is 18.2 Å². The van der Waals surface area contributed by atoms with Gasteiger partial charge in [0.2, 0.25) is 5.71 Å². The van der Waals surface area contributed by atoms with Crippen LogP contribution in [0.25, 0.3) is 28.0 Å². The molecule has 0 saturated carbocycles. The maximum Gasteiger partial charge on any atom is 0.232 e. The van der Waals surface area contributed by atoms with E-state index in [-0.39, 0.29) is 0 Å². The van der Waals surface area contributed by atoms with Crippen LogP contribution in [-0.4, -0.2) is 59.2 Å². The molecule has 7 heteroatoms. The van der Waals surface area contributed by atoms with Crippen LogP contribution in [0.3, 0.4) is 0 Å². The van der Waals surface area contributed by atoms with Crippen molar-refractivity contribution in [2.45, 2.75) is 26.7 Å². The van der Waals surface area contributed by atoms with Crippen molar-refractivity contribution in [2.24, 2.45) is 0 Å². The number of rotatable bonds is 6. The van der Waals surface area contributed by atoms with Gasteiger partial charge in [-0.25, -0.2) is 9.97 Å². The van der Waals surface area contributed by atoms with Gasteiger partial charge in [0.05, 0.1) is 5.39 Å². The van der Waals surface area contributed by atoms with Crippen molar-refractivity contribution < 1.29 is 9.52 Å². The summed E-state index contributed by atoms with van der Waals surface area (Å²) < 4.78 is 6.36. The molecule has 7 nitrogen and oxygen atoms in total. The fourth-order valence-corrected chi connectivity index (χ4v) is 4.70. The summed E-state index contributed by atoms with van der Waals surface area (Å²) in [6.07, 6.45) is 10.2. The number of piperazine rings is 1. The van der Waals surface area contributed by atoms with E-state index in [4.69, 9.17) is 4.42 Å². The molecule has 172 valence electrons. The van der Waals surface area contributed by atoms with Gasteiger partial charge in [-0.3, -0.25) is 4.90 Å². The molecule has 0 spiro atoms. The first kappa shape index (κ1) is 21.7. The van der Waals surface area contributed by atoms with E-state index in [1.807, 2.05) is 26.0 Å². The third-order valence-corrected chi connectivity index (χ3v) is 6.46. The summed E-state index contributed by atoms with van der Waals surface area (Å²) in [4.78, 5) is 11.5. The van der Waals surface area contributed by atoms with Crippen molar-refractivity contribution >= 4 is 22.5 Å². The van der Waals surface area contributed by atoms with E-state index in [1.165, 1.54) is 0 Å². The van der Waals surface area contributed by atoms with Gasteiger partial charge in [0.15, 0.2) is 0 Å². The highest BCUT2D eigenvalue weighted by molar-refractivity contribution is 6.04. The van der Waals surface area contributed by atoms with Crippen LogP contribution >= 0.6 is 0 Å². The number of aromatic nitrogens is 2. The minimum atomic E-state index is 0.322. The number of fused-ring (bicyclic) bond motifs is 1. The Morgan fingerprint density at radius 3 is 2.64 bits per heavy atom. The van der Waals surface area contributed by atoms with Gasteiger partial charge in [0, 0.05) is 50.4 Å². The molecular formula is C26H31N5O2. The van der Waals surface area contributed by atoms with E-state index < -0.39 is 0 Å². The highest BCUT2D eigenvalue weighted by atomic mass is 16.3. The number of phenols is 1. The lowest BCUT2D eigenvalue weighted by molar-refractivity contribution is 0.249. The summed E-state index contributed by atoms with van der Waals surface area (Å²) in [6.45, 7) is 9.81. The third kappa shape index (κ3) is 4.38. The van der Waals surface area contributed by atoms with Crippen molar-refractivity contribution in [2.75, 3.05) is 44.6 Å². The van der Waals surface area contributed by atoms with Crippen molar-refractivity contribution in [3.8, 4) is 17.1 Å². The molecule has 0 amide bonds. The number of phenolic OH excluding ortho intramolecular Hbond substituents is 1. The van der Waals surface area contributed by atoms with Gasteiger partial charge >= 0.3 is 0 Å². The molecule has 1 aromatic carbocycles. The topological polar surface area (TPSA) is 86.5 Å². The van der Waals surface area contributed by atoms with E-state index in [0.29, 0.717) is 11.5 Å². The Morgan fingerprint density at radius 2 is 1.91 bits per heavy atom. The molecule has 3 N–H and O–H groups in total. The lowest BCUT2D eigenvalue weighted by Gasteiger charge is -2.27. The van der Waals surface area contributed by atoms with Crippen LogP contribution in [0.15, 0.2) is 41.1 Å². The molecule has 33 heavy (non-hydrogen) atoms. The van der Waals surface area contributed by atoms with Crippen LogP contribution in [0.1, 0.15) is 29.5 Å². The Labute approximate surface area is 194 Å². The van der Waals surface area contributed by atoms with Gasteiger partial charge < -0.3 is 20.2 Å². The number of allylic oxidation sites excluding steroid dienone is 4. The molecule has 2 aliphatic rings. The first-order chi connectivity index (χ1) is 16.1. The van der Waals surface area contributed by atoms with E-state index in [2.05, 4.69) is 43.7 Å². The number of benzene rings is 1. The Kier molecular flexibility index (Phi) is 6.15. The Morgan fingerprint density at radius 1 is 1.12 bits per heavy atom. The van der Waals surface area contributed by atoms with Gasteiger partial charge in [0.25, 0.3) is 0 Å². The largest absolute Gasteiger partial charge is 0.507 e. The standard InChI is InChI=1S/C26H31N5O2/c1-17-14-20(15-18(2)23(17)32)24-21(19-6-4-3-5-7-19)22-25(29-16-30-26(22)33-24)28-10-13-31-11-8-27-9-12-31/h4,6-7,14-16,27,32H,3,5,8-13H2,1-2H3,(H,28,29,30). The monoisotopic (exact) mass is 445 g/mol. The van der Waals surface area contributed by atoms with Crippen molar-refractivity contribution in [3.63, 3.8) is 0 Å². The molecule has 0 radical (unpaired) electrons. The van der Waals surface area contributed by atoms with E-state index in [1.54, 1.807) is 6.33 Å². The smallest absolute Gasteiger partial charge is 0.232 e. The number of aryl methyl sites for hydroxylation is 2. The van der Waals surface area contributed by atoms with Gasteiger partial charge in [-0.2, -0.15) is 0 Å². The summed E-state index contributed by atoms with van der Waals surface area (Å²) in [7, 11) is 0. The number of aromatic hydroxyl groups is 1. The highest BCUT2D eigenvalue weighted by Crippen LogP contribution is 2.42. The highest BCUT2D eigenvalue weighted by Gasteiger charge is 2.24. The zero-order chi connectivity index (χ0) is 22.8. The van der Waals surface area contributed by atoms with Crippen LogP contribution in [0.5, 0.6) is 5.75 Å². The first-order valence-electron chi connectivity index (χ1n) is 11.7.